The van der Waals surface area contributed by atoms with E-state index in [0.717, 1.165) is 36.9 Å². The quantitative estimate of drug-likeness (QED) is 0.865. The molecule has 23 heavy (non-hydrogen) atoms. The molecule has 1 aromatic carbocycles. The van der Waals surface area contributed by atoms with Crippen LogP contribution in [0.2, 0.25) is 0 Å². The maximum atomic E-state index is 12.4. The number of rotatable bonds is 4. The molecule has 0 spiro atoms. The molecule has 0 bridgehead atoms. The van der Waals surface area contributed by atoms with Gasteiger partial charge in [-0.05, 0) is 37.5 Å². The van der Waals surface area contributed by atoms with E-state index in [1.54, 1.807) is 0 Å². The fourth-order valence-corrected chi connectivity index (χ4v) is 3.05. The first-order valence-corrected chi connectivity index (χ1v) is 7.73. The second-order valence-corrected chi connectivity index (χ2v) is 6.59. The van der Waals surface area contributed by atoms with Crippen molar-refractivity contribution in [3.05, 3.63) is 29.8 Å². The van der Waals surface area contributed by atoms with Gasteiger partial charge in [0.15, 0.2) is 0 Å². The van der Waals surface area contributed by atoms with Crippen molar-refractivity contribution >= 4 is 36.4 Å². The summed E-state index contributed by atoms with van der Waals surface area (Å²) < 4.78 is 0. The SMILES string of the molecule is CN(C)c1cccc(CNC(=O)C2CCCCC2(C)N)c1.Cl.Cl. The first-order chi connectivity index (χ1) is 9.90. The van der Waals surface area contributed by atoms with Crippen molar-refractivity contribution in [2.45, 2.75) is 44.7 Å². The number of anilines is 1. The van der Waals surface area contributed by atoms with Crippen molar-refractivity contribution in [3.63, 3.8) is 0 Å². The largest absolute Gasteiger partial charge is 0.378 e. The number of halogens is 2. The minimum absolute atomic E-state index is 0. The van der Waals surface area contributed by atoms with Gasteiger partial charge in [-0.15, -0.1) is 24.8 Å². The lowest BCUT2D eigenvalue weighted by atomic mass is 9.74. The summed E-state index contributed by atoms with van der Waals surface area (Å²) in [7, 11) is 4.03. The van der Waals surface area contributed by atoms with Gasteiger partial charge >= 0.3 is 0 Å². The van der Waals surface area contributed by atoms with E-state index in [-0.39, 0.29) is 42.2 Å². The molecule has 1 fully saturated rings. The van der Waals surface area contributed by atoms with Crippen LogP contribution in [0.5, 0.6) is 0 Å². The molecule has 1 aromatic rings. The maximum Gasteiger partial charge on any atom is 0.225 e. The number of amides is 1. The van der Waals surface area contributed by atoms with E-state index in [1.165, 1.54) is 0 Å². The molecule has 1 aliphatic rings. The Bertz CT molecular complexity index is 506. The molecule has 0 radical (unpaired) electrons. The second-order valence-electron chi connectivity index (χ2n) is 6.59. The summed E-state index contributed by atoms with van der Waals surface area (Å²) in [6.45, 7) is 2.57. The lowest BCUT2D eigenvalue weighted by molar-refractivity contribution is -0.128. The van der Waals surface area contributed by atoms with Crippen molar-refractivity contribution in [1.82, 2.24) is 5.32 Å². The van der Waals surface area contributed by atoms with E-state index >= 15 is 0 Å². The molecule has 132 valence electrons. The Hall–Kier alpha value is -0.970. The minimum atomic E-state index is -0.367. The predicted octanol–water partition coefficient (Wildman–Crippen LogP) is 3.12. The summed E-state index contributed by atoms with van der Waals surface area (Å²) in [4.78, 5) is 14.5. The highest BCUT2D eigenvalue weighted by atomic mass is 35.5. The molecule has 2 rings (SSSR count). The molecule has 1 aliphatic carbocycles. The number of nitrogens with two attached hydrogens (primary N) is 1. The number of benzene rings is 1. The summed E-state index contributed by atoms with van der Waals surface area (Å²) in [6.07, 6.45) is 4.06. The van der Waals surface area contributed by atoms with Gasteiger partial charge in [0.1, 0.15) is 0 Å². The van der Waals surface area contributed by atoms with Crippen molar-refractivity contribution in [2.24, 2.45) is 11.7 Å². The third-order valence-electron chi connectivity index (χ3n) is 4.46. The fraction of sp³-hybridized carbons (Fsp3) is 0.588. The van der Waals surface area contributed by atoms with Gasteiger partial charge in [-0.3, -0.25) is 4.79 Å². The molecule has 1 saturated carbocycles. The molecule has 6 heteroatoms. The van der Waals surface area contributed by atoms with E-state index in [1.807, 2.05) is 33.2 Å². The molecular weight excluding hydrogens is 333 g/mol. The smallest absolute Gasteiger partial charge is 0.225 e. The fourth-order valence-electron chi connectivity index (χ4n) is 3.05. The topological polar surface area (TPSA) is 58.4 Å². The molecule has 0 heterocycles. The van der Waals surface area contributed by atoms with Crippen LogP contribution in [0, 0.1) is 5.92 Å². The molecule has 0 aromatic heterocycles. The van der Waals surface area contributed by atoms with Crippen LogP contribution < -0.4 is 16.0 Å². The second kappa shape index (κ2) is 9.36. The van der Waals surface area contributed by atoms with Crippen LogP contribution in [0.15, 0.2) is 24.3 Å². The van der Waals surface area contributed by atoms with Crippen LogP contribution in [-0.2, 0) is 11.3 Å². The standard InChI is InChI=1S/C17H27N3O.2ClH/c1-17(18)10-5-4-9-15(17)16(21)19-12-13-7-6-8-14(11-13)20(2)3;;/h6-8,11,15H,4-5,9-10,12,18H2,1-3H3,(H,19,21);2*1H. The van der Waals surface area contributed by atoms with Gasteiger partial charge < -0.3 is 16.0 Å². The van der Waals surface area contributed by atoms with E-state index in [0.29, 0.717) is 6.54 Å². The number of nitrogens with zero attached hydrogens (tertiary/aromatic N) is 1. The third-order valence-corrected chi connectivity index (χ3v) is 4.46. The van der Waals surface area contributed by atoms with Crippen molar-refractivity contribution < 1.29 is 4.79 Å². The average Bonchev–Trinajstić information content (AvgIpc) is 2.44. The van der Waals surface area contributed by atoms with Crippen molar-refractivity contribution in [1.29, 1.82) is 0 Å². The van der Waals surface area contributed by atoms with Gasteiger partial charge in [0, 0.05) is 31.9 Å². The van der Waals surface area contributed by atoms with Gasteiger partial charge in [0.05, 0.1) is 5.92 Å². The molecule has 1 amide bonds. The van der Waals surface area contributed by atoms with Crippen molar-refractivity contribution in [2.75, 3.05) is 19.0 Å². The summed E-state index contributed by atoms with van der Waals surface area (Å²) in [5, 5.41) is 3.05. The average molecular weight is 362 g/mol. The van der Waals surface area contributed by atoms with Crippen LogP contribution in [0.25, 0.3) is 0 Å². The predicted molar refractivity (Wildman–Crippen MR) is 102 cm³/mol. The van der Waals surface area contributed by atoms with E-state index < -0.39 is 0 Å². The molecule has 2 atom stereocenters. The highest BCUT2D eigenvalue weighted by Crippen LogP contribution is 2.31. The zero-order valence-corrected chi connectivity index (χ0v) is 15.8. The highest BCUT2D eigenvalue weighted by molar-refractivity contribution is 5.85. The van der Waals surface area contributed by atoms with Gasteiger partial charge in [0.2, 0.25) is 5.91 Å². The lowest BCUT2D eigenvalue weighted by Crippen LogP contribution is -2.52. The van der Waals surface area contributed by atoms with Crippen molar-refractivity contribution in [3.8, 4) is 0 Å². The number of hydrogen-bond donors (Lipinski definition) is 2. The Morgan fingerprint density at radius 3 is 2.65 bits per heavy atom. The van der Waals surface area contributed by atoms with E-state index in [2.05, 4.69) is 22.3 Å². The number of carbonyl (C=O) groups excluding carboxylic acids is 1. The van der Waals surface area contributed by atoms with Crippen LogP contribution in [0.4, 0.5) is 5.69 Å². The van der Waals surface area contributed by atoms with Gasteiger partial charge in [-0.25, -0.2) is 0 Å². The normalized spacial score (nSPS) is 23.2. The summed E-state index contributed by atoms with van der Waals surface area (Å²) in [5.74, 6) is 0.0261. The summed E-state index contributed by atoms with van der Waals surface area (Å²) >= 11 is 0. The molecule has 3 N–H and O–H groups in total. The van der Waals surface area contributed by atoms with E-state index in [4.69, 9.17) is 5.73 Å². The molecule has 0 aliphatic heterocycles. The monoisotopic (exact) mass is 361 g/mol. The van der Waals surface area contributed by atoms with E-state index in [9.17, 15) is 4.79 Å². The zero-order chi connectivity index (χ0) is 15.5. The molecule has 4 nitrogen and oxygen atoms in total. The van der Waals surface area contributed by atoms with Crippen LogP contribution in [0.3, 0.4) is 0 Å². The molecule has 0 saturated heterocycles. The van der Waals surface area contributed by atoms with Gasteiger partial charge in [-0.1, -0.05) is 25.0 Å². The molecule has 2 unspecified atom stereocenters. The van der Waals surface area contributed by atoms with Gasteiger partial charge in [0.25, 0.3) is 0 Å². The van der Waals surface area contributed by atoms with Gasteiger partial charge in [-0.2, -0.15) is 0 Å². The summed E-state index contributed by atoms with van der Waals surface area (Å²) in [5.41, 5.74) is 8.18. The first-order valence-electron chi connectivity index (χ1n) is 7.73. The summed E-state index contributed by atoms with van der Waals surface area (Å²) in [6, 6.07) is 8.21. The molecular formula is C17H29Cl2N3O. The lowest BCUT2D eigenvalue weighted by Gasteiger charge is -2.37. The first kappa shape index (κ1) is 22.0. The Kier molecular flexibility index (Phi) is 8.96. The number of nitrogens with one attached hydrogen (secondary N) is 1. The Morgan fingerprint density at radius 1 is 1.35 bits per heavy atom. The number of hydrogen-bond acceptors (Lipinski definition) is 3. The maximum absolute atomic E-state index is 12.4. The Labute approximate surface area is 152 Å². The third kappa shape index (κ3) is 5.87. The number of carbonyl (C=O) groups is 1. The van der Waals surface area contributed by atoms with Crippen LogP contribution in [-0.4, -0.2) is 25.5 Å². The minimum Gasteiger partial charge on any atom is -0.378 e. The van der Waals surface area contributed by atoms with Crippen LogP contribution >= 0.6 is 24.8 Å². The zero-order valence-electron chi connectivity index (χ0n) is 14.2. The Morgan fingerprint density at radius 2 is 2.04 bits per heavy atom. The Balaban J connectivity index is 0.00000242. The van der Waals surface area contributed by atoms with Crippen LogP contribution in [0.1, 0.15) is 38.2 Å². The highest BCUT2D eigenvalue weighted by Gasteiger charge is 2.37.